The zero-order valence-corrected chi connectivity index (χ0v) is 20.7. The lowest BCUT2D eigenvalue weighted by atomic mass is 9.82. The lowest BCUT2D eigenvalue weighted by Gasteiger charge is -2.35. The first-order valence-electron chi connectivity index (χ1n) is 11.7. The van der Waals surface area contributed by atoms with E-state index in [1.165, 1.54) is 0 Å². The quantitative estimate of drug-likeness (QED) is 0.370. The second-order valence-corrected chi connectivity index (χ2v) is 11.0. The van der Waals surface area contributed by atoms with Crippen LogP contribution in [0.15, 0.2) is 59.5 Å². The molecule has 4 N–H and O–H groups in total. The molecule has 2 heterocycles. The van der Waals surface area contributed by atoms with Crippen molar-refractivity contribution in [3.63, 3.8) is 0 Å². The van der Waals surface area contributed by atoms with Gasteiger partial charge in [0.15, 0.2) is 11.0 Å². The van der Waals surface area contributed by atoms with Gasteiger partial charge in [-0.15, -0.1) is 11.8 Å². The number of thioether (sulfide) groups is 1. The topological polar surface area (TPSA) is 119 Å². The number of rotatable bonds is 3. The first kappa shape index (κ1) is 22.8. The Balaban J connectivity index is 1.49. The van der Waals surface area contributed by atoms with E-state index in [4.69, 9.17) is 10.5 Å². The average Bonchev–Trinajstić information content (AvgIpc) is 3.36. The standard InChI is InChI=1S/C28H24N2O5S/c1-13(2)15-8-10-17-20(12-15)35-28(34)18-5-4-6-19(29)22(18)25(32)27(17,28)30-26(33)24-23(31)16-9-7-14(3)11-21(16)36-24/h4-13,24,34H,29H2,1-3H3,(H,30,33). The molecule has 3 unspecified atom stereocenters. The van der Waals surface area contributed by atoms with Gasteiger partial charge in [-0.1, -0.05) is 44.2 Å². The summed E-state index contributed by atoms with van der Waals surface area (Å²) in [4.78, 5) is 41.6. The van der Waals surface area contributed by atoms with Crippen LogP contribution in [0.25, 0.3) is 0 Å². The number of anilines is 1. The number of aryl methyl sites for hydroxylation is 1. The Bertz CT molecular complexity index is 1520. The zero-order valence-electron chi connectivity index (χ0n) is 19.9. The number of ether oxygens (including phenoxy) is 1. The van der Waals surface area contributed by atoms with Crippen molar-refractivity contribution in [2.24, 2.45) is 0 Å². The highest BCUT2D eigenvalue weighted by atomic mass is 32.2. The van der Waals surface area contributed by atoms with Crippen LogP contribution in [0.5, 0.6) is 5.75 Å². The molecule has 1 aliphatic carbocycles. The van der Waals surface area contributed by atoms with Gasteiger partial charge < -0.3 is 20.9 Å². The monoisotopic (exact) mass is 500 g/mol. The summed E-state index contributed by atoms with van der Waals surface area (Å²) in [5.74, 6) is -3.35. The number of hydrogen-bond acceptors (Lipinski definition) is 7. The van der Waals surface area contributed by atoms with Crippen LogP contribution < -0.4 is 15.8 Å². The van der Waals surface area contributed by atoms with Crippen LogP contribution in [0.3, 0.4) is 0 Å². The molecule has 0 saturated heterocycles. The lowest BCUT2D eigenvalue weighted by molar-refractivity contribution is -0.175. The van der Waals surface area contributed by atoms with E-state index in [-0.39, 0.29) is 28.5 Å². The number of ketones is 2. The van der Waals surface area contributed by atoms with E-state index in [9.17, 15) is 19.5 Å². The van der Waals surface area contributed by atoms with E-state index in [1.54, 1.807) is 36.4 Å². The Labute approximate surface area is 212 Å². The molecule has 0 spiro atoms. The van der Waals surface area contributed by atoms with Crippen molar-refractivity contribution in [1.82, 2.24) is 5.32 Å². The fraction of sp³-hybridized carbons (Fsp3) is 0.250. The summed E-state index contributed by atoms with van der Waals surface area (Å²) in [6.07, 6.45) is 0. The van der Waals surface area contributed by atoms with Crippen molar-refractivity contribution in [3.8, 4) is 5.75 Å². The molecule has 182 valence electrons. The third-order valence-corrected chi connectivity index (χ3v) is 8.56. The first-order valence-corrected chi connectivity index (χ1v) is 12.6. The van der Waals surface area contributed by atoms with E-state index < -0.39 is 28.3 Å². The molecule has 36 heavy (non-hydrogen) atoms. The van der Waals surface area contributed by atoms with Crippen molar-refractivity contribution < 1.29 is 24.2 Å². The number of carbonyl (C=O) groups is 3. The van der Waals surface area contributed by atoms with Gasteiger partial charge in [0.05, 0.1) is 5.56 Å². The molecular weight excluding hydrogens is 476 g/mol. The number of Topliss-reactive ketones (excluding diaryl/α,β-unsaturated/α-hetero) is 2. The Kier molecular flexibility index (Phi) is 4.72. The molecule has 3 aromatic rings. The van der Waals surface area contributed by atoms with Crippen LogP contribution in [-0.4, -0.2) is 27.8 Å². The van der Waals surface area contributed by atoms with E-state index in [2.05, 4.69) is 5.32 Å². The molecule has 8 heteroatoms. The molecular formula is C28H24N2O5S. The van der Waals surface area contributed by atoms with Gasteiger partial charge in [-0.2, -0.15) is 0 Å². The van der Waals surface area contributed by atoms with Gasteiger partial charge in [0.1, 0.15) is 5.75 Å². The summed E-state index contributed by atoms with van der Waals surface area (Å²) in [6.45, 7) is 5.95. The van der Waals surface area contributed by atoms with Crippen molar-refractivity contribution in [1.29, 1.82) is 0 Å². The molecule has 3 aliphatic rings. The number of amides is 1. The van der Waals surface area contributed by atoms with E-state index in [0.29, 0.717) is 21.8 Å². The molecule has 7 nitrogen and oxygen atoms in total. The minimum absolute atomic E-state index is 0.100. The van der Waals surface area contributed by atoms with Crippen LogP contribution >= 0.6 is 11.8 Å². The van der Waals surface area contributed by atoms with Crippen LogP contribution in [0.2, 0.25) is 0 Å². The highest BCUT2D eigenvalue weighted by molar-refractivity contribution is 8.02. The van der Waals surface area contributed by atoms with Crippen molar-refractivity contribution in [2.45, 2.75) is 48.2 Å². The first-order chi connectivity index (χ1) is 17.1. The summed E-state index contributed by atoms with van der Waals surface area (Å²) in [6, 6.07) is 15.5. The fourth-order valence-electron chi connectivity index (χ4n) is 5.42. The van der Waals surface area contributed by atoms with Crippen LogP contribution in [-0.2, 0) is 16.1 Å². The predicted molar refractivity (Wildman–Crippen MR) is 135 cm³/mol. The molecule has 1 amide bonds. The van der Waals surface area contributed by atoms with Crippen molar-refractivity contribution >= 4 is 34.9 Å². The molecule has 3 atom stereocenters. The van der Waals surface area contributed by atoms with Crippen LogP contribution in [0, 0.1) is 6.92 Å². The van der Waals surface area contributed by atoms with E-state index in [1.807, 2.05) is 39.0 Å². The third-order valence-electron chi connectivity index (χ3n) is 7.31. The number of hydrogen-bond donors (Lipinski definition) is 3. The van der Waals surface area contributed by atoms with Gasteiger partial charge in [0.2, 0.25) is 17.2 Å². The molecule has 0 saturated carbocycles. The SMILES string of the molecule is Cc1ccc2c(c1)SC(C(=O)NC13C(=O)c4c(N)cccc4C1(O)Oc1cc(C(C)C)ccc13)C2=O. The minimum Gasteiger partial charge on any atom is -0.454 e. The molecule has 6 rings (SSSR count). The lowest BCUT2D eigenvalue weighted by Crippen LogP contribution is -2.61. The maximum Gasteiger partial charge on any atom is 0.271 e. The maximum atomic E-state index is 14.1. The Morgan fingerprint density at radius 2 is 1.89 bits per heavy atom. The molecule has 2 aliphatic heterocycles. The van der Waals surface area contributed by atoms with E-state index >= 15 is 0 Å². The average molecular weight is 501 g/mol. The minimum atomic E-state index is -2.22. The summed E-state index contributed by atoms with van der Waals surface area (Å²) in [5.41, 5.74) is 7.33. The van der Waals surface area contributed by atoms with Crippen molar-refractivity contribution in [3.05, 3.63) is 88.0 Å². The van der Waals surface area contributed by atoms with Crippen molar-refractivity contribution in [2.75, 3.05) is 5.73 Å². The van der Waals surface area contributed by atoms with E-state index in [0.717, 1.165) is 22.9 Å². The molecule has 0 bridgehead atoms. The molecule has 0 aromatic heterocycles. The second kappa shape index (κ2) is 7.44. The van der Waals surface area contributed by atoms with Gasteiger partial charge in [-0.3, -0.25) is 14.4 Å². The third kappa shape index (κ3) is 2.77. The number of aliphatic hydroxyl groups is 1. The van der Waals surface area contributed by atoms with Gasteiger partial charge in [0, 0.05) is 27.3 Å². The summed E-state index contributed by atoms with van der Waals surface area (Å²) in [5, 5.41) is 13.7. The number of benzene rings is 3. The number of carbonyl (C=O) groups excluding carboxylic acids is 3. The zero-order chi connectivity index (χ0) is 25.6. The predicted octanol–water partition coefficient (Wildman–Crippen LogP) is 3.80. The number of nitrogen functional groups attached to an aromatic ring is 1. The number of nitrogens with two attached hydrogens (primary N) is 1. The number of nitrogens with one attached hydrogen (secondary N) is 1. The smallest absolute Gasteiger partial charge is 0.271 e. The fourth-order valence-corrected chi connectivity index (χ4v) is 6.62. The highest BCUT2D eigenvalue weighted by Crippen LogP contribution is 2.59. The van der Waals surface area contributed by atoms with Gasteiger partial charge in [0.25, 0.3) is 5.79 Å². The summed E-state index contributed by atoms with van der Waals surface area (Å²) in [7, 11) is 0. The normalized spacial score (nSPS) is 25.3. The van der Waals surface area contributed by atoms with Gasteiger partial charge in [-0.05, 0) is 48.2 Å². The summed E-state index contributed by atoms with van der Waals surface area (Å²) < 4.78 is 6.11. The largest absolute Gasteiger partial charge is 0.454 e. The Hall–Kier alpha value is -3.62. The van der Waals surface area contributed by atoms with Crippen LogP contribution in [0.1, 0.15) is 62.7 Å². The number of fused-ring (bicyclic) bond motifs is 6. The molecule has 0 fully saturated rings. The maximum absolute atomic E-state index is 14.1. The highest BCUT2D eigenvalue weighted by Gasteiger charge is 2.72. The van der Waals surface area contributed by atoms with Gasteiger partial charge >= 0.3 is 0 Å². The second-order valence-electron chi connectivity index (χ2n) is 9.86. The Morgan fingerprint density at radius 3 is 2.64 bits per heavy atom. The molecule has 0 radical (unpaired) electrons. The van der Waals surface area contributed by atoms with Crippen LogP contribution in [0.4, 0.5) is 5.69 Å². The van der Waals surface area contributed by atoms with Gasteiger partial charge in [-0.25, -0.2) is 0 Å². The Morgan fingerprint density at radius 1 is 1.11 bits per heavy atom. The molecule has 3 aromatic carbocycles. The summed E-state index contributed by atoms with van der Waals surface area (Å²) >= 11 is 1.14.